The summed E-state index contributed by atoms with van der Waals surface area (Å²) < 4.78 is 2.03. The molecule has 0 saturated heterocycles. The monoisotopic (exact) mass is 263 g/mol. The lowest BCUT2D eigenvalue weighted by Crippen LogP contribution is -2.25. The van der Waals surface area contributed by atoms with Gasteiger partial charge >= 0.3 is 0 Å². The van der Waals surface area contributed by atoms with Crippen LogP contribution in [0, 0.1) is 6.92 Å². The summed E-state index contributed by atoms with van der Waals surface area (Å²) in [6.07, 6.45) is 4.27. The van der Waals surface area contributed by atoms with Crippen LogP contribution in [0.1, 0.15) is 53.7 Å². The van der Waals surface area contributed by atoms with Crippen molar-refractivity contribution in [1.29, 1.82) is 0 Å². The smallest absolute Gasteiger partial charge is 0.263 e. The van der Waals surface area contributed by atoms with Gasteiger partial charge in [0, 0.05) is 17.9 Å². The maximum Gasteiger partial charge on any atom is 0.263 e. The van der Waals surface area contributed by atoms with Crippen molar-refractivity contribution in [3.8, 4) is 0 Å². The number of carbonyl (C=O) groups is 1. The lowest BCUT2D eigenvalue weighted by molar-refractivity contribution is 0.0954. The predicted octanol–water partition coefficient (Wildman–Crippen LogP) is 2.72. The number of hydrogen-bond donors (Lipinski definition) is 1. The Labute approximate surface area is 110 Å². The van der Waals surface area contributed by atoms with Crippen LogP contribution in [0.5, 0.6) is 0 Å². The number of aryl methyl sites for hydroxylation is 1. The van der Waals surface area contributed by atoms with Crippen molar-refractivity contribution in [3.05, 3.63) is 22.5 Å². The number of nitrogens with zero attached hydrogens (tertiary/aromatic N) is 2. The molecule has 1 aliphatic rings. The summed E-state index contributed by atoms with van der Waals surface area (Å²) in [5.74, 6) is 0.469. The van der Waals surface area contributed by atoms with Gasteiger partial charge in [0.2, 0.25) is 0 Å². The molecular formula is C13H17N3OS. The molecule has 0 unspecified atom stereocenters. The molecule has 2 aromatic rings. The Kier molecular flexibility index (Phi) is 2.66. The summed E-state index contributed by atoms with van der Waals surface area (Å²) in [4.78, 5) is 18.3. The second-order valence-electron chi connectivity index (χ2n) is 5.24. The highest BCUT2D eigenvalue weighted by Gasteiger charge is 2.26. The van der Waals surface area contributed by atoms with E-state index in [1.165, 1.54) is 11.3 Å². The molecule has 1 saturated carbocycles. The molecule has 1 N–H and O–H groups in total. The van der Waals surface area contributed by atoms with Gasteiger partial charge in [-0.3, -0.25) is 9.20 Å². The molecule has 1 aliphatic carbocycles. The third-order valence-electron chi connectivity index (χ3n) is 3.29. The molecule has 96 valence electrons. The largest absolute Gasteiger partial charge is 0.349 e. The molecular weight excluding hydrogens is 246 g/mol. The topological polar surface area (TPSA) is 46.4 Å². The Morgan fingerprint density at radius 3 is 2.83 bits per heavy atom. The van der Waals surface area contributed by atoms with Gasteiger partial charge in [-0.05, 0) is 25.7 Å². The summed E-state index contributed by atoms with van der Waals surface area (Å²) in [6.45, 7) is 6.24. The molecule has 1 fully saturated rings. The summed E-state index contributed by atoms with van der Waals surface area (Å²) in [6, 6.07) is 0.401. The van der Waals surface area contributed by atoms with Crippen LogP contribution < -0.4 is 5.32 Å². The second-order valence-corrected chi connectivity index (χ2v) is 6.21. The lowest BCUT2D eigenvalue weighted by Gasteiger charge is -2.01. The molecule has 3 rings (SSSR count). The number of nitrogens with one attached hydrogen (secondary N) is 1. The van der Waals surface area contributed by atoms with Gasteiger partial charge in [0.15, 0.2) is 4.96 Å². The van der Waals surface area contributed by atoms with Gasteiger partial charge < -0.3 is 5.32 Å². The van der Waals surface area contributed by atoms with E-state index in [2.05, 4.69) is 24.1 Å². The average molecular weight is 263 g/mol. The fourth-order valence-corrected chi connectivity index (χ4v) is 2.95. The molecule has 2 heterocycles. The van der Waals surface area contributed by atoms with E-state index in [1.807, 2.05) is 17.5 Å². The normalized spacial score (nSPS) is 15.6. The average Bonchev–Trinajstić information content (AvgIpc) is 2.92. The zero-order chi connectivity index (χ0) is 12.9. The zero-order valence-electron chi connectivity index (χ0n) is 10.9. The van der Waals surface area contributed by atoms with Crippen LogP contribution in [0.15, 0.2) is 6.20 Å². The third kappa shape index (κ3) is 1.92. The highest BCUT2D eigenvalue weighted by Crippen LogP contribution is 2.26. The van der Waals surface area contributed by atoms with E-state index in [4.69, 9.17) is 0 Å². The second kappa shape index (κ2) is 4.09. The van der Waals surface area contributed by atoms with Crippen LogP contribution in [0.25, 0.3) is 4.96 Å². The quantitative estimate of drug-likeness (QED) is 0.925. The Morgan fingerprint density at radius 2 is 2.28 bits per heavy atom. The third-order valence-corrected chi connectivity index (χ3v) is 4.44. The SMILES string of the molecule is Cc1c(C(=O)NC2CC2)sc2nc(C(C)C)cn12. The van der Waals surface area contributed by atoms with Gasteiger partial charge in [-0.25, -0.2) is 4.98 Å². The number of aromatic nitrogens is 2. The molecule has 0 aromatic carbocycles. The molecule has 2 aromatic heterocycles. The van der Waals surface area contributed by atoms with Gasteiger partial charge in [-0.15, -0.1) is 0 Å². The van der Waals surface area contributed by atoms with Crippen LogP contribution in [0.2, 0.25) is 0 Å². The maximum atomic E-state index is 12.1. The Balaban J connectivity index is 1.95. The van der Waals surface area contributed by atoms with E-state index in [1.54, 1.807) is 0 Å². The number of imidazole rings is 1. The van der Waals surface area contributed by atoms with E-state index < -0.39 is 0 Å². The molecule has 0 bridgehead atoms. The first-order valence-electron chi connectivity index (χ1n) is 6.35. The fraction of sp³-hybridized carbons (Fsp3) is 0.538. The number of fused-ring (bicyclic) bond motifs is 1. The van der Waals surface area contributed by atoms with Gasteiger partial charge in [-0.2, -0.15) is 0 Å². The fourth-order valence-electron chi connectivity index (χ4n) is 1.93. The minimum Gasteiger partial charge on any atom is -0.349 e. The number of thiazole rings is 1. The summed E-state index contributed by atoms with van der Waals surface area (Å²) >= 11 is 1.48. The van der Waals surface area contributed by atoms with Gasteiger partial charge in [0.1, 0.15) is 4.88 Å². The van der Waals surface area contributed by atoms with Crippen molar-refractivity contribution in [1.82, 2.24) is 14.7 Å². The van der Waals surface area contributed by atoms with E-state index in [9.17, 15) is 4.79 Å². The Bertz CT molecular complexity index is 607. The molecule has 0 spiro atoms. The number of hydrogen-bond acceptors (Lipinski definition) is 3. The van der Waals surface area contributed by atoms with Crippen molar-refractivity contribution in [2.45, 2.75) is 45.6 Å². The van der Waals surface area contributed by atoms with Crippen LogP contribution >= 0.6 is 11.3 Å². The van der Waals surface area contributed by atoms with Crippen molar-refractivity contribution in [3.63, 3.8) is 0 Å². The lowest BCUT2D eigenvalue weighted by atomic mass is 10.2. The molecule has 0 atom stereocenters. The van der Waals surface area contributed by atoms with Gasteiger partial charge in [-0.1, -0.05) is 25.2 Å². The first-order chi connectivity index (χ1) is 8.56. The highest BCUT2D eigenvalue weighted by atomic mass is 32.1. The van der Waals surface area contributed by atoms with Gasteiger partial charge in [0.05, 0.1) is 5.69 Å². The van der Waals surface area contributed by atoms with E-state index in [0.717, 1.165) is 34.1 Å². The van der Waals surface area contributed by atoms with Crippen molar-refractivity contribution in [2.75, 3.05) is 0 Å². The molecule has 1 amide bonds. The molecule has 4 nitrogen and oxygen atoms in total. The Morgan fingerprint density at radius 1 is 1.56 bits per heavy atom. The Hall–Kier alpha value is -1.36. The minimum absolute atomic E-state index is 0.0524. The number of amides is 1. The van der Waals surface area contributed by atoms with Gasteiger partial charge in [0.25, 0.3) is 5.91 Å². The first kappa shape index (κ1) is 11.7. The minimum atomic E-state index is 0.0524. The zero-order valence-corrected chi connectivity index (χ0v) is 11.7. The van der Waals surface area contributed by atoms with Crippen LogP contribution in [-0.2, 0) is 0 Å². The van der Waals surface area contributed by atoms with Crippen LogP contribution in [-0.4, -0.2) is 21.3 Å². The summed E-state index contributed by atoms with van der Waals surface area (Å²) in [7, 11) is 0. The number of rotatable bonds is 3. The van der Waals surface area contributed by atoms with E-state index >= 15 is 0 Å². The van der Waals surface area contributed by atoms with Crippen LogP contribution in [0.4, 0.5) is 0 Å². The molecule has 0 aliphatic heterocycles. The highest BCUT2D eigenvalue weighted by molar-refractivity contribution is 7.19. The van der Waals surface area contributed by atoms with Crippen molar-refractivity contribution >= 4 is 22.2 Å². The van der Waals surface area contributed by atoms with Crippen molar-refractivity contribution in [2.24, 2.45) is 0 Å². The predicted molar refractivity (Wildman–Crippen MR) is 72.4 cm³/mol. The summed E-state index contributed by atoms with van der Waals surface area (Å²) in [5, 5.41) is 3.03. The van der Waals surface area contributed by atoms with E-state index in [-0.39, 0.29) is 5.91 Å². The summed E-state index contributed by atoms with van der Waals surface area (Å²) in [5.41, 5.74) is 2.08. The van der Waals surface area contributed by atoms with E-state index in [0.29, 0.717) is 12.0 Å². The molecule has 0 radical (unpaired) electrons. The first-order valence-corrected chi connectivity index (χ1v) is 7.17. The molecule has 5 heteroatoms. The standard InChI is InChI=1S/C13H17N3OS/c1-7(2)10-6-16-8(3)11(18-13(16)15-10)12(17)14-9-4-5-9/h6-7,9H,4-5H2,1-3H3,(H,14,17). The maximum absolute atomic E-state index is 12.1. The number of carbonyl (C=O) groups excluding carboxylic acids is 1. The van der Waals surface area contributed by atoms with Crippen LogP contribution in [0.3, 0.4) is 0 Å². The molecule has 18 heavy (non-hydrogen) atoms. The van der Waals surface area contributed by atoms with Crippen molar-refractivity contribution < 1.29 is 4.79 Å².